The summed E-state index contributed by atoms with van der Waals surface area (Å²) in [6.07, 6.45) is 1.40. The maximum absolute atomic E-state index is 12.2. The van der Waals surface area contributed by atoms with Crippen LogP contribution in [0, 0.1) is 11.8 Å². The fourth-order valence-corrected chi connectivity index (χ4v) is 2.53. The third-order valence-corrected chi connectivity index (χ3v) is 3.65. The van der Waals surface area contributed by atoms with Gasteiger partial charge in [-0.25, -0.2) is 4.79 Å². The van der Waals surface area contributed by atoms with Gasteiger partial charge in [0.15, 0.2) is 0 Å². The zero-order chi connectivity index (χ0) is 14.0. The quantitative estimate of drug-likeness (QED) is 0.865. The van der Waals surface area contributed by atoms with Crippen molar-refractivity contribution >= 4 is 11.9 Å². The van der Waals surface area contributed by atoms with Gasteiger partial charge in [-0.2, -0.15) is 0 Å². The second kappa shape index (κ2) is 5.43. The molecule has 0 spiro atoms. The predicted octanol–water partition coefficient (Wildman–Crippen LogP) is 1.63. The molecule has 4 nitrogen and oxygen atoms in total. The van der Waals surface area contributed by atoms with Crippen molar-refractivity contribution in [3.8, 4) is 0 Å². The number of nitrogens with one attached hydrogen (secondary N) is 1. The maximum atomic E-state index is 12.2. The lowest BCUT2D eigenvalue weighted by atomic mass is 10.0. The SMILES string of the molecule is CC(C)[C@H](NC(=O)C1Cc2ccccc2C1)C(=O)O. The molecule has 0 aliphatic heterocycles. The Kier molecular flexibility index (Phi) is 3.88. The molecule has 2 N–H and O–H groups in total. The Morgan fingerprint density at radius 2 is 1.74 bits per heavy atom. The van der Waals surface area contributed by atoms with E-state index in [-0.39, 0.29) is 17.7 Å². The van der Waals surface area contributed by atoms with Crippen molar-refractivity contribution in [3.05, 3.63) is 35.4 Å². The summed E-state index contributed by atoms with van der Waals surface area (Å²) in [7, 11) is 0. The average Bonchev–Trinajstić information content (AvgIpc) is 2.78. The summed E-state index contributed by atoms with van der Waals surface area (Å²) in [6.45, 7) is 3.59. The lowest BCUT2D eigenvalue weighted by Crippen LogP contribution is -2.46. The number of carbonyl (C=O) groups is 2. The number of rotatable bonds is 4. The molecule has 19 heavy (non-hydrogen) atoms. The number of hydrogen-bond donors (Lipinski definition) is 2. The minimum atomic E-state index is -0.973. The van der Waals surface area contributed by atoms with Crippen molar-refractivity contribution in [2.45, 2.75) is 32.7 Å². The van der Waals surface area contributed by atoms with Crippen LogP contribution in [0.1, 0.15) is 25.0 Å². The number of carbonyl (C=O) groups excluding carboxylic acids is 1. The van der Waals surface area contributed by atoms with Crippen LogP contribution in [0.4, 0.5) is 0 Å². The molecule has 0 unspecified atom stereocenters. The molecule has 4 heteroatoms. The van der Waals surface area contributed by atoms with Gasteiger partial charge in [0, 0.05) is 5.92 Å². The van der Waals surface area contributed by atoms with Crippen LogP contribution in [0.25, 0.3) is 0 Å². The Hall–Kier alpha value is -1.84. The number of fused-ring (bicyclic) bond motifs is 1. The highest BCUT2D eigenvalue weighted by Gasteiger charge is 2.31. The summed E-state index contributed by atoms with van der Waals surface area (Å²) in [5.41, 5.74) is 2.39. The molecule has 102 valence electrons. The second-order valence-electron chi connectivity index (χ2n) is 5.44. The molecule has 2 rings (SSSR count). The van der Waals surface area contributed by atoms with E-state index < -0.39 is 12.0 Å². The Morgan fingerprint density at radius 3 is 2.16 bits per heavy atom. The Bertz CT molecular complexity index is 471. The van der Waals surface area contributed by atoms with E-state index in [1.54, 1.807) is 13.8 Å². The van der Waals surface area contributed by atoms with Gasteiger partial charge in [0.2, 0.25) is 5.91 Å². The van der Waals surface area contributed by atoms with Crippen LogP contribution in [0.5, 0.6) is 0 Å². The normalized spacial score (nSPS) is 16.2. The monoisotopic (exact) mass is 261 g/mol. The number of aliphatic carboxylic acids is 1. The van der Waals surface area contributed by atoms with Crippen LogP contribution >= 0.6 is 0 Å². The van der Waals surface area contributed by atoms with Crippen LogP contribution < -0.4 is 5.32 Å². The van der Waals surface area contributed by atoms with Gasteiger partial charge in [-0.05, 0) is 29.9 Å². The molecule has 0 bridgehead atoms. The topological polar surface area (TPSA) is 66.4 Å². The Morgan fingerprint density at radius 1 is 1.21 bits per heavy atom. The maximum Gasteiger partial charge on any atom is 0.326 e. The third-order valence-electron chi connectivity index (χ3n) is 3.65. The smallest absolute Gasteiger partial charge is 0.326 e. The molecule has 1 atom stereocenters. The lowest BCUT2D eigenvalue weighted by molar-refractivity contribution is -0.143. The zero-order valence-corrected chi connectivity index (χ0v) is 11.2. The molecule has 1 aliphatic rings. The van der Waals surface area contributed by atoms with E-state index in [2.05, 4.69) is 5.32 Å². The summed E-state index contributed by atoms with van der Waals surface area (Å²) in [6, 6.07) is 7.18. The van der Waals surface area contributed by atoms with Gasteiger partial charge in [-0.15, -0.1) is 0 Å². The zero-order valence-electron chi connectivity index (χ0n) is 11.2. The first kappa shape index (κ1) is 13.6. The van der Waals surface area contributed by atoms with Crippen molar-refractivity contribution in [3.63, 3.8) is 0 Å². The van der Waals surface area contributed by atoms with Gasteiger partial charge in [-0.3, -0.25) is 4.79 Å². The van der Waals surface area contributed by atoms with E-state index in [0.717, 1.165) is 0 Å². The van der Waals surface area contributed by atoms with Crippen molar-refractivity contribution in [1.82, 2.24) is 5.32 Å². The number of carboxylic acid groups (broad SMARTS) is 1. The molecule has 0 saturated carbocycles. The minimum Gasteiger partial charge on any atom is -0.480 e. The second-order valence-corrected chi connectivity index (χ2v) is 5.44. The summed E-state index contributed by atoms with van der Waals surface area (Å²) in [5.74, 6) is -1.39. The third kappa shape index (κ3) is 2.95. The first-order valence-corrected chi connectivity index (χ1v) is 6.59. The molecule has 0 heterocycles. The van der Waals surface area contributed by atoms with E-state index in [9.17, 15) is 9.59 Å². The average molecular weight is 261 g/mol. The molecule has 0 fully saturated rings. The van der Waals surface area contributed by atoms with E-state index >= 15 is 0 Å². The minimum absolute atomic E-state index is 0.120. The largest absolute Gasteiger partial charge is 0.480 e. The highest BCUT2D eigenvalue weighted by atomic mass is 16.4. The van der Waals surface area contributed by atoms with Crippen molar-refractivity contribution in [2.24, 2.45) is 11.8 Å². The van der Waals surface area contributed by atoms with E-state index in [4.69, 9.17) is 5.11 Å². The molecule has 0 aromatic heterocycles. The van der Waals surface area contributed by atoms with Crippen LogP contribution in [-0.2, 0) is 22.4 Å². The van der Waals surface area contributed by atoms with Crippen LogP contribution in [0.15, 0.2) is 24.3 Å². The van der Waals surface area contributed by atoms with Crippen LogP contribution in [0.3, 0.4) is 0 Å². The number of amides is 1. The molecular formula is C15H19NO3. The van der Waals surface area contributed by atoms with E-state index in [0.29, 0.717) is 12.8 Å². The molecule has 1 amide bonds. The van der Waals surface area contributed by atoms with Gasteiger partial charge in [-0.1, -0.05) is 38.1 Å². The van der Waals surface area contributed by atoms with Crippen LogP contribution in [0.2, 0.25) is 0 Å². The lowest BCUT2D eigenvalue weighted by Gasteiger charge is -2.20. The van der Waals surface area contributed by atoms with Gasteiger partial charge in [0.1, 0.15) is 6.04 Å². The first-order chi connectivity index (χ1) is 8.99. The number of hydrogen-bond acceptors (Lipinski definition) is 2. The summed E-state index contributed by atoms with van der Waals surface area (Å²) in [4.78, 5) is 23.3. The highest BCUT2D eigenvalue weighted by molar-refractivity contribution is 5.86. The predicted molar refractivity (Wildman–Crippen MR) is 71.7 cm³/mol. The van der Waals surface area contributed by atoms with Gasteiger partial charge < -0.3 is 10.4 Å². The standard InChI is InChI=1S/C15H19NO3/c1-9(2)13(15(18)19)16-14(17)12-7-10-5-3-4-6-11(10)8-12/h3-6,9,12-13H,7-8H2,1-2H3,(H,16,17)(H,18,19)/t13-/m0/s1. The molecule has 0 radical (unpaired) electrons. The summed E-state index contributed by atoms with van der Waals surface area (Å²) in [5, 5.41) is 11.7. The fraction of sp³-hybridized carbons (Fsp3) is 0.467. The number of carboxylic acids is 1. The summed E-state index contributed by atoms with van der Waals surface area (Å²) >= 11 is 0. The van der Waals surface area contributed by atoms with Crippen molar-refractivity contribution in [2.75, 3.05) is 0 Å². The van der Waals surface area contributed by atoms with Gasteiger partial charge >= 0.3 is 5.97 Å². The Labute approximate surface area is 112 Å². The van der Waals surface area contributed by atoms with Crippen molar-refractivity contribution in [1.29, 1.82) is 0 Å². The van der Waals surface area contributed by atoms with E-state index in [1.807, 2.05) is 24.3 Å². The molecule has 1 aromatic rings. The van der Waals surface area contributed by atoms with Gasteiger partial charge in [0.05, 0.1) is 0 Å². The number of benzene rings is 1. The van der Waals surface area contributed by atoms with Crippen molar-refractivity contribution < 1.29 is 14.7 Å². The highest BCUT2D eigenvalue weighted by Crippen LogP contribution is 2.26. The Balaban J connectivity index is 2.01. The van der Waals surface area contributed by atoms with E-state index in [1.165, 1.54) is 11.1 Å². The first-order valence-electron chi connectivity index (χ1n) is 6.59. The fourth-order valence-electron chi connectivity index (χ4n) is 2.53. The van der Waals surface area contributed by atoms with Gasteiger partial charge in [0.25, 0.3) is 0 Å². The molecule has 0 saturated heterocycles. The summed E-state index contributed by atoms with van der Waals surface area (Å²) < 4.78 is 0. The molecular weight excluding hydrogens is 242 g/mol. The molecule has 1 aliphatic carbocycles. The van der Waals surface area contributed by atoms with Crippen LogP contribution in [-0.4, -0.2) is 23.0 Å². The molecule has 1 aromatic carbocycles.